The van der Waals surface area contributed by atoms with Crippen molar-refractivity contribution in [1.82, 2.24) is 10.2 Å². The highest BCUT2D eigenvalue weighted by Crippen LogP contribution is 2.29. The van der Waals surface area contributed by atoms with Gasteiger partial charge in [0.2, 0.25) is 0 Å². The van der Waals surface area contributed by atoms with Crippen LogP contribution in [-0.4, -0.2) is 50.8 Å². The average molecular weight is 228 g/mol. The molecule has 0 aliphatic carbocycles. The van der Waals surface area contributed by atoms with E-state index in [0.717, 1.165) is 39.4 Å². The molecule has 0 aromatic heterocycles. The van der Waals surface area contributed by atoms with E-state index in [2.05, 4.69) is 31.0 Å². The molecule has 1 atom stereocenters. The minimum absolute atomic E-state index is 0.348. The summed E-state index contributed by atoms with van der Waals surface area (Å²) < 4.78 is 5.71. The molecule has 1 N–H and O–H groups in total. The molecule has 1 saturated heterocycles. The summed E-state index contributed by atoms with van der Waals surface area (Å²) in [5, 5.41) is 3.51. The lowest BCUT2D eigenvalue weighted by atomic mass is 9.81. The van der Waals surface area contributed by atoms with Crippen LogP contribution in [0.5, 0.6) is 0 Å². The van der Waals surface area contributed by atoms with Crippen molar-refractivity contribution < 1.29 is 4.74 Å². The van der Waals surface area contributed by atoms with E-state index in [4.69, 9.17) is 4.74 Å². The highest BCUT2D eigenvalue weighted by molar-refractivity contribution is 4.86. The molecule has 0 bridgehead atoms. The van der Waals surface area contributed by atoms with Crippen molar-refractivity contribution in [2.45, 2.75) is 33.6 Å². The Hall–Kier alpha value is -0.120. The zero-order chi connectivity index (χ0) is 11.9. The van der Waals surface area contributed by atoms with Crippen LogP contribution in [0.4, 0.5) is 0 Å². The molecule has 0 aromatic rings. The topological polar surface area (TPSA) is 24.5 Å². The number of ether oxygens (including phenoxy) is 1. The van der Waals surface area contributed by atoms with Crippen LogP contribution in [0.3, 0.4) is 0 Å². The molecule has 3 nitrogen and oxygen atoms in total. The van der Waals surface area contributed by atoms with Crippen LogP contribution in [0.2, 0.25) is 0 Å². The van der Waals surface area contributed by atoms with Gasteiger partial charge in [-0.15, -0.1) is 0 Å². The summed E-state index contributed by atoms with van der Waals surface area (Å²) in [7, 11) is 0. The second-order valence-electron chi connectivity index (χ2n) is 4.90. The zero-order valence-electron chi connectivity index (χ0n) is 11.2. The molecule has 1 fully saturated rings. The third kappa shape index (κ3) is 4.04. The number of nitrogens with zero attached hydrogens (tertiary/aromatic N) is 1. The van der Waals surface area contributed by atoms with Crippen molar-refractivity contribution in [1.29, 1.82) is 0 Å². The molecular weight excluding hydrogens is 200 g/mol. The zero-order valence-corrected chi connectivity index (χ0v) is 11.2. The third-order valence-corrected chi connectivity index (χ3v) is 3.61. The van der Waals surface area contributed by atoms with Crippen LogP contribution in [0.15, 0.2) is 0 Å². The van der Waals surface area contributed by atoms with Crippen molar-refractivity contribution >= 4 is 0 Å². The second-order valence-corrected chi connectivity index (χ2v) is 4.90. The molecule has 1 aliphatic rings. The minimum atomic E-state index is 0.348. The Morgan fingerprint density at radius 1 is 1.25 bits per heavy atom. The average Bonchev–Trinajstić information content (AvgIpc) is 2.35. The molecule has 3 heteroatoms. The van der Waals surface area contributed by atoms with Crippen LogP contribution in [-0.2, 0) is 4.74 Å². The Balaban J connectivity index is 2.54. The molecule has 0 saturated carbocycles. The van der Waals surface area contributed by atoms with Gasteiger partial charge in [-0.1, -0.05) is 20.8 Å². The molecule has 0 aromatic carbocycles. The molecule has 16 heavy (non-hydrogen) atoms. The molecule has 0 amide bonds. The van der Waals surface area contributed by atoms with Crippen molar-refractivity contribution in [3.8, 4) is 0 Å². The van der Waals surface area contributed by atoms with Crippen LogP contribution in [0.1, 0.15) is 33.6 Å². The largest absolute Gasteiger partial charge is 0.381 e. The van der Waals surface area contributed by atoms with Gasteiger partial charge in [0.15, 0.2) is 0 Å². The number of hydrogen-bond donors (Lipinski definition) is 1. The molecular formula is C13H28N2O. The minimum Gasteiger partial charge on any atom is -0.381 e. The van der Waals surface area contributed by atoms with E-state index in [1.165, 1.54) is 19.4 Å². The van der Waals surface area contributed by atoms with Gasteiger partial charge in [0.25, 0.3) is 0 Å². The van der Waals surface area contributed by atoms with Gasteiger partial charge < -0.3 is 15.0 Å². The summed E-state index contributed by atoms with van der Waals surface area (Å²) in [6.45, 7) is 14.2. The van der Waals surface area contributed by atoms with E-state index in [1.54, 1.807) is 0 Å². The fourth-order valence-electron chi connectivity index (χ4n) is 2.54. The Morgan fingerprint density at radius 2 is 2.00 bits per heavy atom. The third-order valence-electron chi connectivity index (χ3n) is 3.61. The van der Waals surface area contributed by atoms with Gasteiger partial charge in [-0.25, -0.2) is 0 Å². The summed E-state index contributed by atoms with van der Waals surface area (Å²) in [5.74, 6) is 0. The van der Waals surface area contributed by atoms with Crippen LogP contribution < -0.4 is 5.32 Å². The predicted molar refractivity (Wildman–Crippen MR) is 68.8 cm³/mol. The Kier molecular flexibility index (Phi) is 6.32. The van der Waals surface area contributed by atoms with Gasteiger partial charge in [0.1, 0.15) is 0 Å². The molecule has 1 rings (SSSR count). The lowest BCUT2D eigenvalue weighted by Crippen LogP contribution is -2.49. The molecule has 96 valence electrons. The smallest absolute Gasteiger partial charge is 0.0546 e. The highest BCUT2D eigenvalue weighted by Gasteiger charge is 2.33. The molecule has 1 aliphatic heterocycles. The lowest BCUT2D eigenvalue weighted by molar-refractivity contribution is -0.0246. The van der Waals surface area contributed by atoms with E-state index in [-0.39, 0.29) is 0 Å². The van der Waals surface area contributed by atoms with Gasteiger partial charge in [0, 0.05) is 25.1 Å². The molecule has 1 heterocycles. The summed E-state index contributed by atoms with van der Waals surface area (Å²) in [4.78, 5) is 2.52. The Labute approximate surface area is 101 Å². The Bertz CT molecular complexity index is 175. The van der Waals surface area contributed by atoms with Crippen molar-refractivity contribution in [3.05, 3.63) is 0 Å². The fourth-order valence-corrected chi connectivity index (χ4v) is 2.54. The van der Waals surface area contributed by atoms with Crippen molar-refractivity contribution in [2.24, 2.45) is 5.41 Å². The standard InChI is InChI=1S/C13H28N2O/c1-4-14-10-13(8-7-9-16-12-13)11-15(5-2)6-3/h14H,4-12H2,1-3H3. The van der Waals surface area contributed by atoms with E-state index < -0.39 is 0 Å². The summed E-state index contributed by atoms with van der Waals surface area (Å²) >= 11 is 0. The maximum Gasteiger partial charge on any atom is 0.0546 e. The molecule has 0 spiro atoms. The van der Waals surface area contributed by atoms with Crippen LogP contribution >= 0.6 is 0 Å². The molecule has 1 unspecified atom stereocenters. The van der Waals surface area contributed by atoms with Gasteiger partial charge >= 0.3 is 0 Å². The van der Waals surface area contributed by atoms with Crippen molar-refractivity contribution in [2.75, 3.05) is 45.9 Å². The highest BCUT2D eigenvalue weighted by atomic mass is 16.5. The summed E-state index contributed by atoms with van der Waals surface area (Å²) in [6, 6.07) is 0. The summed E-state index contributed by atoms with van der Waals surface area (Å²) in [6.07, 6.45) is 2.52. The molecule has 0 radical (unpaired) electrons. The predicted octanol–water partition coefficient (Wildman–Crippen LogP) is 1.73. The van der Waals surface area contributed by atoms with E-state index in [1.807, 2.05) is 0 Å². The second kappa shape index (κ2) is 7.25. The first kappa shape index (κ1) is 13.9. The maximum absolute atomic E-state index is 5.71. The SMILES string of the molecule is CCNCC1(CN(CC)CC)CCCOC1. The first-order chi connectivity index (χ1) is 7.76. The van der Waals surface area contributed by atoms with Gasteiger partial charge in [-0.2, -0.15) is 0 Å². The fraction of sp³-hybridized carbons (Fsp3) is 1.00. The normalized spacial score (nSPS) is 26.2. The van der Waals surface area contributed by atoms with Gasteiger partial charge in [0.05, 0.1) is 6.61 Å². The lowest BCUT2D eigenvalue weighted by Gasteiger charge is -2.40. The first-order valence-corrected chi connectivity index (χ1v) is 6.77. The van der Waals surface area contributed by atoms with Gasteiger partial charge in [-0.3, -0.25) is 0 Å². The monoisotopic (exact) mass is 228 g/mol. The van der Waals surface area contributed by atoms with E-state index in [9.17, 15) is 0 Å². The van der Waals surface area contributed by atoms with Crippen LogP contribution in [0.25, 0.3) is 0 Å². The van der Waals surface area contributed by atoms with Crippen molar-refractivity contribution in [3.63, 3.8) is 0 Å². The number of rotatable bonds is 7. The number of nitrogens with one attached hydrogen (secondary N) is 1. The summed E-state index contributed by atoms with van der Waals surface area (Å²) in [5.41, 5.74) is 0.348. The van der Waals surface area contributed by atoms with Crippen LogP contribution in [0, 0.1) is 5.41 Å². The first-order valence-electron chi connectivity index (χ1n) is 6.77. The maximum atomic E-state index is 5.71. The number of hydrogen-bond acceptors (Lipinski definition) is 3. The van der Waals surface area contributed by atoms with E-state index in [0.29, 0.717) is 5.41 Å². The Morgan fingerprint density at radius 3 is 2.50 bits per heavy atom. The quantitative estimate of drug-likeness (QED) is 0.718. The van der Waals surface area contributed by atoms with Gasteiger partial charge in [-0.05, 0) is 32.5 Å². The van der Waals surface area contributed by atoms with E-state index >= 15 is 0 Å².